The molecule has 1 heterocycles. The Labute approximate surface area is 130 Å². The molecule has 2 atom stereocenters. The second-order valence-corrected chi connectivity index (χ2v) is 5.48. The minimum Gasteiger partial charge on any atom is -0.497 e. The Morgan fingerprint density at radius 1 is 1.32 bits per heavy atom. The van der Waals surface area contributed by atoms with E-state index < -0.39 is 18.0 Å². The number of methoxy groups -OCH3 is 1. The number of rotatable bonds is 7. The van der Waals surface area contributed by atoms with Crippen LogP contribution in [0.15, 0.2) is 24.3 Å². The molecule has 1 fully saturated rings. The van der Waals surface area contributed by atoms with Crippen LogP contribution in [0.1, 0.15) is 12.8 Å². The highest BCUT2D eigenvalue weighted by molar-refractivity contribution is 5.71. The van der Waals surface area contributed by atoms with E-state index in [2.05, 4.69) is 4.90 Å². The molecule has 0 bridgehead atoms. The van der Waals surface area contributed by atoms with Gasteiger partial charge in [0, 0.05) is 19.6 Å². The molecule has 0 unspecified atom stereocenters. The van der Waals surface area contributed by atoms with Crippen molar-refractivity contribution in [3.63, 3.8) is 0 Å². The summed E-state index contributed by atoms with van der Waals surface area (Å²) in [6, 6.07) is 7.41. The van der Waals surface area contributed by atoms with Crippen molar-refractivity contribution in [2.45, 2.75) is 18.9 Å². The summed E-state index contributed by atoms with van der Waals surface area (Å²) in [4.78, 5) is 13.1. The SMILES string of the molecule is COc1ccc(OCCCN2CC[C@@H](O)[C@@H](C(=O)O)C2)cc1. The van der Waals surface area contributed by atoms with Gasteiger partial charge in [-0.1, -0.05) is 0 Å². The molecular weight excluding hydrogens is 286 g/mol. The number of piperidine rings is 1. The van der Waals surface area contributed by atoms with Crippen molar-refractivity contribution in [3.8, 4) is 11.5 Å². The van der Waals surface area contributed by atoms with E-state index in [0.29, 0.717) is 19.6 Å². The number of aliphatic hydroxyl groups excluding tert-OH is 1. The quantitative estimate of drug-likeness (QED) is 0.738. The van der Waals surface area contributed by atoms with Crippen molar-refractivity contribution < 1.29 is 24.5 Å². The van der Waals surface area contributed by atoms with E-state index in [0.717, 1.165) is 31.0 Å². The zero-order valence-corrected chi connectivity index (χ0v) is 12.8. The van der Waals surface area contributed by atoms with Crippen LogP contribution < -0.4 is 9.47 Å². The summed E-state index contributed by atoms with van der Waals surface area (Å²) in [5, 5.41) is 18.7. The molecule has 1 aliphatic rings. The number of carboxylic acid groups (broad SMARTS) is 1. The molecule has 22 heavy (non-hydrogen) atoms. The predicted octanol–water partition coefficient (Wildman–Crippen LogP) is 1.23. The van der Waals surface area contributed by atoms with Crippen LogP contribution in [0.2, 0.25) is 0 Å². The number of carbonyl (C=O) groups is 1. The number of aliphatic hydroxyl groups is 1. The first kappa shape index (κ1) is 16.6. The third-order valence-electron chi connectivity index (χ3n) is 3.92. The molecule has 0 spiro atoms. The third-order valence-corrected chi connectivity index (χ3v) is 3.92. The van der Waals surface area contributed by atoms with E-state index in [9.17, 15) is 9.90 Å². The minimum absolute atomic E-state index is 0.402. The molecule has 2 N–H and O–H groups in total. The number of nitrogens with zero attached hydrogens (tertiary/aromatic N) is 1. The fourth-order valence-electron chi connectivity index (χ4n) is 2.60. The normalized spacial score (nSPS) is 22.3. The Bertz CT molecular complexity index is 476. The summed E-state index contributed by atoms with van der Waals surface area (Å²) in [6.45, 7) is 2.47. The van der Waals surface area contributed by atoms with Gasteiger partial charge in [0.1, 0.15) is 11.5 Å². The lowest BCUT2D eigenvalue weighted by Gasteiger charge is -2.33. The van der Waals surface area contributed by atoms with Gasteiger partial charge in [-0.15, -0.1) is 0 Å². The summed E-state index contributed by atoms with van der Waals surface area (Å²) in [5.41, 5.74) is 0. The monoisotopic (exact) mass is 309 g/mol. The maximum Gasteiger partial charge on any atom is 0.310 e. The highest BCUT2D eigenvalue weighted by atomic mass is 16.5. The lowest BCUT2D eigenvalue weighted by molar-refractivity contribution is -0.148. The zero-order chi connectivity index (χ0) is 15.9. The van der Waals surface area contributed by atoms with Crippen molar-refractivity contribution >= 4 is 5.97 Å². The van der Waals surface area contributed by atoms with Crippen molar-refractivity contribution in [2.24, 2.45) is 5.92 Å². The molecule has 0 aliphatic carbocycles. The second-order valence-electron chi connectivity index (χ2n) is 5.48. The minimum atomic E-state index is -0.924. The summed E-state index contributed by atoms with van der Waals surface area (Å²) >= 11 is 0. The largest absolute Gasteiger partial charge is 0.497 e. The van der Waals surface area contributed by atoms with E-state index in [-0.39, 0.29) is 0 Å². The second kappa shape index (κ2) is 8.00. The number of hydrogen-bond acceptors (Lipinski definition) is 5. The number of likely N-dealkylation sites (tertiary alicyclic amines) is 1. The highest BCUT2D eigenvalue weighted by Crippen LogP contribution is 2.19. The van der Waals surface area contributed by atoms with Gasteiger partial charge in [-0.05, 0) is 37.1 Å². The van der Waals surface area contributed by atoms with Gasteiger partial charge in [0.25, 0.3) is 0 Å². The predicted molar refractivity (Wildman–Crippen MR) is 81.3 cm³/mol. The molecule has 122 valence electrons. The Hall–Kier alpha value is -1.79. The first-order valence-electron chi connectivity index (χ1n) is 7.50. The van der Waals surface area contributed by atoms with E-state index in [1.54, 1.807) is 7.11 Å². The summed E-state index contributed by atoms with van der Waals surface area (Å²) in [5.74, 6) is -0.0276. The fourth-order valence-corrected chi connectivity index (χ4v) is 2.60. The number of carboxylic acids is 1. The van der Waals surface area contributed by atoms with Crippen molar-refractivity contribution in [2.75, 3.05) is 33.4 Å². The van der Waals surface area contributed by atoms with Gasteiger partial charge in [-0.25, -0.2) is 0 Å². The lowest BCUT2D eigenvalue weighted by atomic mass is 9.95. The highest BCUT2D eigenvalue weighted by Gasteiger charge is 2.32. The van der Waals surface area contributed by atoms with Gasteiger partial charge in [-0.2, -0.15) is 0 Å². The zero-order valence-electron chi connectivity index (χ0n) is 12.8. The Kier molecular flexibility index (Phi) is 6.03. The molecule has 6 nitrogen and oxygen atoms in total. The fraction of sp³-hybridized carbons (Fsp3) is 0.562. The first-order chi connectivity index (χ1) is 10.6. The van der Waals surface area contributed by atoms with Gasteiger partial charge < -0.3 is 24.6 Å². The summed E-state index contributed by atoms with van der Waals surface area (Å²) in [7, 11) is 1.62. The summed E-state index contributed by atoms with van der Waals surface area (Å²) in [6.07, 6.45) is 0.592. The number of benzene rings is 1. The van der Waals surface area contributed by atoms with Gasteiger partial charge in [0.2, 0.25) is 0 Å². The average Bonchev–Trinajstić information content (AvgIpc) is 2.53. The van der Waals surface area contributed by atoms with Crippen molar-refractivity contribution in [3.05, 3.63) is 24.3 Å². The molecule has 0 saturated carbocycles. The van der Waals surface area contributed by atoms with Gasteiger partial charge >= 0.3 is 5.97 Å². The lowest BCUT2D eigenvalue weighted by Crippen LogP contribution is -2.46. The average molecular weight is 309 g/mol. The molecule has 1 aliphatic heterocycles. The van der Waals surface area contributed by atoms with Crippen molar-refractivity contribution in [1.82, 2.24) is 4.90 Å². The van der Waals surface area contributed by atoms with E-state index in [1.807, 2.05) is 24.3 Å². The molecule has 0 radical (unpaired) electrons. The standard InChI is InChI=1S/C16H23NO5/c1-21-12-3-5-13(6-4-12)22-10-2-8-17-9-7-15(18)14(11-17)16(19)20/h3-6,14-15,18H,2,7-11H2,1H3,(H,19,20)/t14-,15+/m0/s1. The van der Waals surface area contributed by atoms with Crippen LogP contribution in [0.3, 0.4) is 0 Å². The molecular formula is C16H23NO5. The third kappa shape index (κ3) is 4.61. The Morgan fingerprint density at radius 3 is 2.64 bits per heavy atom. The van der Waals surface area contributed by atoms with Crippen LogP contribution in [-0.2, 0) is 4.79 Å². The number of hydrogen-bond donors (Lipinski definition) is 2. The molecule has 1 saturated heterocycles. The topological polar surface area (TPSA) is 79.2 Å². The smallest absolute Gasteiger partial charge is 0.310 e. The number of ether oxygens (including phenoxy) is 2. The van der Waals surface area contributed by atoms with Crippen LogP contribution in [-0.4, -0.2) is 60.5 Å². The molecule has 0 aromatic heterocycles. The maximum atomic E-state index is 11.1. The molecule has 6 heteroatoms. The van der Waals surface area contributed by atoms with E-state index >= 15 is 0 Å². The van der Waals surface area contributed by atoms with Gasteiger partial charge in [0.05, 0.1) is 25.7 Å². The first-order valence-corrected chi connectivity index (χ1v) is 7.50. The summed E-state index contributed by atoms with van der Waals surface area (Å²) < 4.78 is 10.7. The van der Waals surface area contributed by atoms with Gasteiger partial charge in [-0.3, -0.25) is 4.79 Å². The van der Waals surface area contributed by atoms with Crippen LogP contribution in [0.5, 0.6) is 11.5 Å². The molecule has 0 amide bonds. The van der Waals surface area contributed by atoms with Crippen LogP contribution in [0.4, 0.5) is 0 Å². The molecule has 1 aromatic rings. The van der Waals surface area contributed by atoms with E-state index in [1.165, 1.54) is 0 Å². The maximum absolute atomic E-state index is 11.1. The van der Waals surface area contributed by atoms with Gasteiger partial charge in [0.15, 0.2) is 0 Å². The van der Waals surface area contributed by atoms with Crippen LogP contribution in [0, 0.1) is 5.92 Å². The van der Waals surface area contributed by atoms with Crippen LogP contribution in [0.25, 0.3) is 0 Å². The molecule has 1 aromatic carbocycles. The van der Waals surface area contributed by atoms with E-state index in [4.69, 9.17) is 14.6 Å². The number of aliphatic carboxylic acids is 1. The Balaban J connectivity index is 1.68. The Morgan fingerprint density at radius 2 is 2.00 bits per heavy atom. The van der Waals surface area contributed by atoms with Crippen LogP contribution >= 0.6 is 0 Å². The van der Waals surface area contributed by atoms with Crippen molar-refractivity contribution in [1.29, 1.82) is 0 Å². The molecule has 2 rings (SSSR count).